The molecular formula is C19H19F2N3O2. The third-order valence-electron chi connectivity index (χ3n) is 4.80. The molecule has 5 nitrogen and oxygen atoms in total. The average Bonchev–Trinajstić information content (AvgIpc) is 3.25. The highest BCUT2D eigenvalue weighted by atomic mass is 19.3. The molecule has 2 aliphatic rings. The Morgan fingerprint density at radius 3 is 2.69 bits per heavy atom. The predicted octanol–water partition coefficient (Wildman–Crippen LogP) is 3.25. The first-order chi connectivity index (χ1) is 12.4. The number of nitrogens with zero attached hydrogens (tertiary/aromatic N) is 1. The number of amides is 1. The summed E-state index contributed by atoms with van der Waals surface area (Å²) < 4.78 is 32.7. The quantitative estimate of drug-likeness (QED) is 0.880. The zero-order chi connectivity index (χ0) is 18.3. The summed E-state index contributed by atoms with van der Waals surface area (Å²) in [6.07, 6.45) is 2.55. The van der Waals surface area contributed by atoms with Gasteiger partial charge in [0.1, 0.15) is 5.69 Å². The number of pyridine rings is 1. The normalized spacial score (nSPS) is 24.7. The van der Waals surface area contributed by atoms with E-state index in [4.69, 9.17) is 4.74 Å². The van der Waals surface area contributed by atoms with Gasteiger partial charge in [-0.1, -0.05) is 12.1 Å². The van der Waals surface area contributed by atoms with E-state index in [0.717, 1.165) is 31.5 Å². The standard InChI is InChI=1S/C19H19F2N3O2/c1-19(20,21)16-8-12(6-7-22-16)18(25)24-13-4-2-11(3-5-13)17-15-9-14(26-17)10-23-15/h2-8,14-15,17,23H,9-10H2,1H3,(H,24,25)/t14?,15?,17-/m1/s1. The summed E-state index contributed by atoms with van der Waals surface area (Å²) in [5, 5.41) is 6.15. The first-order valence-corrected chi connectivity index (χ1v) is 8.55. The van der Waals surface area contributed by atoms with E-state index in [-0.39, 0.29) is 17.8 Å². The van der Waals surface area contributed by atoms with Crippen LogP contribution < -0.4 is 10.6 Å². The molecule has 4 rings (SSSR count). The van der Waals surface area contributed by atoms with Crippen molar-refractivity contribution in [3.05, 3.63) is 59.4 Å². The lowest BCUT2D eigenvalue weighted by molar-refractivity contribution is 0.0127. The molecule has 2 N–H and O–H groups in total. The molecule has 2 aromatic rings. The monoisotopic (exact) mass is 359 g/mol. The van der Waals surface area contributed by atoms with E-state index < -0.39 is 17.5 Å². The lowest BCUT2D eigenvalue weighted by atomic mass is 10.0. The van der Waals surface area contributed by atoms with E-state index in [1.165, 1.54) is 12.3 Å². The van der Waals surface area contributed by atoms with E-state index in [0.29, 0.717) is 11.7 Å². The number of morpholine rings is 1. The van der Waals surface area contributed by atoms with Crippen molar-refractivity contribution < 1.29 is 18.3 Å². The van der Waals surface area contributed by atoms with Crippen molar-refractivity contribution in [1.82, 2.24) is 10.3 Å². The number of halogens is 2. The highest BCUT2D eigenvalue weighted by molar-refractivity contribution is 6.04. The van der Waals surface area contributed by atoms with Gasteiger partial charge < -0.3 is 15.4 Å². The second-order valence-corrected chi connectivity index (χ2v) is 6.82. The second-order valence-electron chi connectivity index (χ2n) is 6.82. The summed E-state index contributed by atoms with van der Waals surface area (Å²) in [7, 11) is 0. The predicted molar refractivity (Wildman–Crippen MR) is 92.2 cm³/mol. The van der Waals surface area contributed by atoms with Crippen LogP contribution in [0.15, 0.2) is 42.6 Å². The van der Waals surface area contributed by atoms with Gasteiger partial charge in [-0.15, -0.1) is 0 Å². The zero-order valence-corrected chi connectivity index (χ0v) is 14.2. The number of hydrogen-bond donors (Lipinski definition) is 2. The maximum atomic E-state index is 13.4. The van der Waals surface area contributed by atoms with E-state index >= 15 is 0 Å². The zero-order valence-electron chi connectivity index (χ0n) is 14.2. The number of rotatable bonds is 4. The van der Waals surface area contributed by atoms with Crippen molar-refractivity contribution in [2.75, 3.05) is 11.9 Å². The van der Waals surface area contributed by atoms with Gasteiger partial charge >= 0.3 is 0 Å². The molecule has 0 aliphatic carbocycles. The Kier molecular flexibility index (Phi) is 4.20. The third-order valence-corrected chi connectivity index (χ3v) is 4.80. The number of anilines is 1. The van der Waals surface area contributed by atoms with Crippen LogP contribution in [-0.4, -0.2) is 29.6 Å². The molecule has 3 atom stereocenters. The number of aromatic nitrogens is 1. The largest absolute Gasteiger partial charge is 0.367 e. The minimum atomic E-state index is -3.09. The molecule has 136 valence electrons. The highest BCUT2D eigenvalue weighted by Gasteiger charge is 2.41. The molecule has 2 unspecified atom stereocenters. The van der Waals surface area contributed by atoms with Crippen molar-refractivity contribution in [2.45, 2.75) is 37.5 Å². The van der Waals surface area contributed by atoms with E-state index in [1.807, 2.05) is 12.1 Å². The number of carbonyl (C=O) groups is 1. The summed E-state index contributed by atoms with van der Waals surface area (Å²) in [5.41, 5.74) is 1.36. The van der Waals surface area contributed by atoms with E-state index in [1.54, 1.807) is 12.1 Å². The molecule has 2 aliphatic heterocycles. The number of alkyl halides is 2. The number of nitrogens with one attached hydrogen (secondary N) is 2. The Labute approximate surface area is 149 Å². The molecule has 0 spiro atoms. The maximum absolute atomic E-state index is 13.4. The Hall–Kier alpha value is -2.38. The van der Waals surface area contributed by atoms with Gasteiger partial charge in [0, 0.05) is 37.0 Å². The van der Waals surface area contributed by atoms with Gasteiger partial charge in [0.15, 0.2) is 0 Å². The van der Waals surface area contributed by atoms with Crippen LogP contribution in [-0.2, 0) is 10.7 Å². The fourth-order valence-electron chi connectivity index (χ4n) is 3.45. The van der Waals surface area contributed by atoms with Gasteiger partial charge in [-0.05, 0) is 36.2 Å². The van der Waals surface area contributed by atoms with Crippen molar-refractivity contribution in [2.24, 2.45) is 0 Å². The first kappa shape index (κ1) is 17.1. The summed E-state index contributed by atoms with van der Waals surface area (Å²) in [4.78, 5) is 15.9. The topological polar surface area (TPSA) is 63.2 Å². The molecule has 26 heavy (non-hydrogen) atoms. The Balaban J connectivity index is 1.45. The van der Waals surface area contributed by atoms with Crippen LogP contribution in [0.1, 0.15) is 41.1 Å². The summed E-state index contributed by atoms with van der Waals surface area (Å²) in [6, 6.07) is 10.3. The summed E-state index contributed by atoms with van der Waals surface area (Å²) in [5.74, 6) is -3.55. The SMILES string of the molecule is CC(F)(F)c1cc(C(=O)Nc2ccc([C@H]3OC4CNC3C4)cc2)ccn1. The molecular weight excluding hydrogens is 340 g/mol. The van der Waals surface area contributed by atoms with E-state index in [9.17, 15) is 13.6 Å². The molecule has 3 heterocycles. The molecule has 1 aromatic heterocycles. The van der Waals surface area contributed by atoms with Crippen molar-refractivity contribution in [3.8, 4) is 0 Å². The van der Waals surface area contributed by atoms with Crippen molar-refractivity contribution >= 4 is 11.6 Å². The second kappa shape index (κ2) is 6.41. The third kappa shape index (κ3) is 3.32. The maximum Gasteiger partial charge on any atom is 0.286 e. The van der Waals surface area contributed by atoms with Crippen LogP contribution in [0, 0.1) is 0 Å². The summed E-state index contributed by atoms with van der Waals surface area (Å²) >= 11 is 0. The van der Waals surface area contributed by atoms with Gasteiger partial charge in [-0.3, -0.25) is 9.78 Å². The molecule has 7 heteroatoms. The van der Waals surface area contributed by atoms with Gasteiger partial charge in [0.25, 0.3) is 11.8 Å². The Morgan fingerprint density at radius 1 is 1.31 bits per heavy atom. The fourth-order valence-corrected chi connectivity index (χ4v) is 3.45. The average molecular weight is 359 g/mol. The highest BCUT2D eigenvalue weighted by Crippen LogP contribution is 2.37. The molecule has 0 saturated carbocycles. The van der Waals surface area contributed by atoms with Crippen LogP contribution in [0.5, 0.6) is 0 Å². The molecule has 0 radical (unpaired) electrons. The fraction of sp³-hybridized carbons (Fsp3) is 0.368. The molecule has 2 saturated heterocycles. The molecule has 2 fully saturated rings. The van der Waals surface area contributed by atoms with Crippen molar-refractivity contribution in [1.29, 1.82) is 0 Å². The molecule has 2 bridgehead atoms. The number of hydrogen-bond acceptors (Lipinski definition) is 4. The Morgan fingerprint density at radius 2 is 2.08 bits per heavy atom. The van der Waals surface area contributed by atoms with Gasteiger partial charge in [-0.25, -0.2) is 0 Å². The van der Waals surface area contributed by atoms with Crippen LogP contribution in [0.2, 0.25) is 0 Å². The van der Waals surface area contributed by atoms with Crippen LogP contribution in [0.3, 0.4) is 0 Å². The van der Waals surface area contributed by atoms with Gasteiger partial charge in [-0.2, -0.15) is 8.78 Å². The Bertz CT molecular complexity index is 820. The van der Waals surface area contributed by atoms with E-state index in [2.05, 4.69) is 15.6 Å². The van der Waals surface area contributed by atoms with Crippen LogP contribution in [0.4, 0.5) is 14.5 Å². The lowest BCUT2D eigenvalue weighted by Crippen LogP contribution is -2.33. The smallest absolute Gasteiger partial charge is 0.286 e. The molecule has 1 amide bonds. The minimum absolute atomic E-state index is 0.0352. The minimum Gasteiger partial charge on any atom is -0.367 e. The van der Waals surface area contributed by atoms with Gasteiger partial charge in [0.2, 0.25) is 0 Å². The van der Waals surface area contributed by atoms with Crippen LogP contribution in [0.25, 0.3) is 0 Å². The number of fused-ring (bicyclic) bond motifs is 2. The van der Waals surface area contributed by atoms with Crippen molar-refractivity contribution in [3.63, 3.8) is 0 Å². The number of benzene rings is 1. The number of carbonyl (C=O) groups excluding carboxylic acids is 1. The van der Waals surface area contributed by atoms with Gasteiger partial charge in [0.05, 0.1) is 12.2 Å². The lowest BCUT2D eigenvalue weighted by Gasteiger charge is -2.23. The summed E-state index contributed by atoms with van der Waals surface area (Å²) in [6.45, 7) is 1.66. The number of ether oxygens (including phenoxy) is 1. The van der Waals surface area contributed by atoms with Crippen LogP contribution >= 0.6 is 0 Å². The molecule has 1 aromatic carbocycles. The first-order valence-electron chi connectivity index (χ1n) is 8.55.